The van der Waals surface area contributed by atoms with Crippen LogP contribution in [0.25, 0.3) is 0 Å². The quantitative estimate of drug-likeness (QED) is 0.302. The molecule has 4 aliphatic heterocycles. The molecule has 8 rings (SSSR count). The molecule has 14 heteroatoms. The third kappa shape index (κ3) is 6.30. The molecule has 0 bridgehead atoms. The Hall–Kier alpha value is -5.53. The van der Waals surface area contributed by atoms with E-state index in [1.165, 1.54) is 0 Å². The number of H-pyrrole nitrogens is 1. The van der Waals surface area contributed by atoms with Crippen molar-refractivity contribution in [1.82, 2.24) is 25.3 Å². The molecule has 2 aromatic carbocycles. The molecule has 3 N–H and O–H groups in total. The molecule has 6 amide bonds. The lowest BCUT2D eigenvalue weighted by molar-refractivity contribution is -0.136. The molecule has 4 atom stereocenters. The number of aromatic amines is 1. The highest BCUT2D eigenvalue weighted by molar-refractivity contribution is 6.23. The fraction of sp³-hybridized carbons (Fsp3) is 0.447. The number of fused-ring (bicyclic) bond motifs is 1. The fourth-order valence-electron chi connectivity index (χ4n) is 8.16. The average molecular weight is 708 g/mol. The monoisotopic (exact) mass is 707 g/mol. The Labute approximate surface area is 300 Å². The molecule has 1 unspecified atom stereocenters. The molecule has 0 spiro atoms. The van der Waals surface area contributed by atoms with Crippen molar-refractivity contribution in [2.45, 2.75) is 88.3 Å². The van der Waals surface area contributed by atoms with Crippen molar-refractivity contribution < 1.29 is 33.5 Å². The summed E-state index contributed by atoms with van der Waals surface area (Å²) < 4.78 is 5.73. The molecule has 5 aliphatic rings. The largest absolute Gasteiger partial charge is 0.446 e. The number of hydrogen-bond acceptors (Lipinski definition) is 9. The van der Waals surface area contributed by atoms with Crippen LogP contribution in [0.4, 0.5) is 16.3 Å². The van der Waals surface area contributed by atoms with E-state index in [4.69, 9.17) is 4.74 Å². The highest BCUT2D eigenvalue weighted by Crippen LogP contribution is 2.37. The van der Waals surface area contributed by atoms with Gasteiger partial charge in [0.1, 0.15) is 12.1 Å². The number of nitrogens with one attached hydrogen (secondary N) is 3. The number of likely N-dealkylation sites (tertiary alicyclic amines) is 1. The molecule has 3 saturated heterocycles. The first-order valence-electron chi connectivity index (χ1n) is 18.2. The van der Waals surface area contributed by atoms with E-state index in [0.29, 0.717) is 17.3 Å². The summed E-state index contributed by atoms with van der Waals surface area (Å²) >= 11 is 0. The lowest BCUT2D eigenvalue weighted by Gasteiger charge is -2.38. The van der Waals surface area contributed by atoms with E-state index in [-0.39, 0.29) is 54.0 Å². The topological polar surface area (TPSA) is 174 Å². The standard InChI is InChI=1S/C38H41N7O7/c1-21-12-17-44(21)38(51)52-27-8-6-25(18-27)30-20-32(42-41-30)39-34(47)24-4-2-22(3-5-24)23-13-15-43(16-14-23)26-7-9-28-29(19-26)37(50)45(36(28)49)31-10-11-33(46)40-35(31)48/h2-5,7,9,19-21,23,25,27,31H,6,8,10-18H2,1H3,(H,40,46,48)(H2,39,41,42,47)/t21-,25+,27-,31?/m0/s1. The van der Waals surface area contributed by atoms with Crippen LogP contribution in [0.5, 0.6) is 0 Å². The van der Waals surface area contributed by atoms with Gasteiger partial charge in [0.15, 0.2) is 5.82 Å². The van der Waals surface area contributed by atoms with Crippen molar-refractivity contribution in [3.63, 3.8) is 0 Å². The Morgan fingerprint density at radius 1 is 0.846 bits per heavy atom. The van der Waals surface area contributed by atoms with Crippen LogP contribution in [0.1, 0.15) is 112 Å². The van der Waals surface area contributed by atoms with Gasteiger partial charge in [-0.1, -0.05) is 12.1 Å². The maximum Gasteiger partial charge on any atom is 0.410 e. The minimum atomic E-state index is -0.991. The Bertz CT molecular complexity index is 1950. The summed E-state index contributed by atoms with van der Waals surface area (Å²) in [6.07, 6.45) is 5.01. The maximum absolute atomic E-state index is 13.3. The van der Waals surface area contributed by atoms with E-state index in [2.05, 4.69) is 25.7 Å². The molecule has 14 nitrogen and oxygen atoms in total. The molecule has 4 fully saturated rings. The van der Waals surface area contributed by atoms with Gasteiger partial charge >= 0.3 is 6.09 Å². The Balaban J connectivity index is 0.827. The molecule has 3 aromatic rings. The number of benzene rings is 2. The number of aromatic nitrogens is 2. The number of nitrogens with zero attached hydrogens (tertiary/aromatic N) is 4. The van der Waals surface area contributed by atoms with Crippen molar-refractivity contribution in [3.8, 4) is 0 Å². The highest BCUT2D eigenvalue weighted by Gasteiger charge is 2.45. The van der Waals surface area contributed by atoms with E-state index < -0.39 is 29.7 Å². The van der Waals surface area contributed by atoms with Crippen molar-refractivity contribution in [3.05, 3.63) is 76.5 Å². The SMILES string of the molecule is C[C@H]1CCN1C(=O)O[C@H]1CC[C@@H](c2cc(NC(=O)c3ccc(C4CCN(c5ccc6c(c5)C(=O)N(C5CCC(=O)NC5=O)C6=O)CC4)cc3)n[nH]2)C1. The average Bonchev–Trinajstić information content (AvgIpc) is 3.86. The van der Waals surface area contributed by atoms with Crippen molar-refractivity contribution in [2.24, 2.45) is 0 Å². The molecule has 52 heavy (non-hydrogen) atoms. The Morgan fingerprint density at radius 3 is 2.33 bits per heavy atom. The predicted molar refractivity (Wildman–Crippen MR) is 188 cm³/mol. The number of carbonyl (C=O) groups is 6. The molecule has 5 heterocycles. The first kappa shape index (κ1) is 33.6. The number of ether oxygens (including phenoxy) is 1. The van der Waals surface area contributed by atoms with Gasteiger partial charge in [0.2, 0.25) is 11.8 Å². The predicted octanol–water partition coefficient (Wildman–Crippen LogP) is 4.31. The van der Waals surface area contributed by atoms with Crippen LogP contribution in [0.15, 0.2) is 48.5 Å². The number of anilines is 2. The van der Waals surface area contributed by atoms with Gasteiger partial charge < -0.3 is 19.9 Å². The van der Waals surface area contributed by atoms with Crippen molar-refractivity contribution in [2.75, 3.05) is 29.9 Å². The Morgan fingerprint density at radius 2 is 1.62 bits per heavy atom. The first-order chi connectivity index (χ1) is 25.1. The van der Waals surface area contributed by atoms with Gasteiger partial charge in [-0.2, -0.15) is 5.10 Å². The van der Waals surface area contributed by atoms with Crippen molar-refractivity contribution in [1.29, 1.82) is 0 Å². The van der Waals surface area contributed by atoms with Crippen LogP contribution in [0, 0.1) is 0 Å². The zero-order chi connectivity index (χ0) is 36.1. The van der Waals surface area contributed by atoms with Gasteiger partial charge in [0, 0.05) is 61.0 Å². The number of amides is 6. The fourth-order valence-corrected chi connectivity index (χ4v) is 8.16. The van der Waals surface area contributed by atoms with Crippen LogP contribution in [0.2, 0.25) is 0 Å². The second-order valence-electron chi connectivity index (χ2n) is 14.6. The van der Waals surface area contributed by atoms with E-state index in [1.807, 2.05) is 43.3 Å². The second-order valence-corrected chi connectivity index (χ2v) is 14.6. The second kappa shape index (κ2) is 13.5. The minimum Gasteiger partial charge on any atom is -0.446 e. The van der Waals surface area contributed by atoms with Gasteiger partial charge in [-0.05, 0) is 93.7 Å². The summed E-state index contributed by atoms with van der Waals surface area (Å²) in [5, 5.41) is 12.5. The summed E-state index contributed by atoms with van der Waals surface area (Å²) in [4.78, 5) is 80.8. The van der Waals surface area contributed by atoms with E-state index >= 15 is 0 Å². The van der Waals surface area contributed by atoms with Crippen LogP contribution in [-0.2, 0) is 14.3 Å². The number of carbonyl (C=O) groups excluding carboxylic acids is 6. The first-order valence-corrected chi connectivity index (χ1v) is 18.2. The van der Waals surface area contributed by atoms with Gasteiger partial charge in [-0.3, -0.25) is 39.3 Å². The normalized spacial score (nSPS) is 24.8. The molecular formula is C38H41N7O7. The molecule has 1 saturated carbocycles. The smallest absolute Gasteiger partial charge is 0.410 e. The van der Waals surface area contributed by atoms with Gasteiger partial charge in [0.25, 0.3) is 17.7 Å². The number of hydrogen-bond donors (Lipinski definition) is 3. The molecule has 1 aliphatic carbocycles. The van der Waals surface area contributed by atoms with Gasteiger partial charge in [0.05, 0.1) is 11.1 Å². The van der Waals surface area contributed by atoms with Crippen LogP contribution >= 0.6 is 0 Å². The minimum absolute atomic E-state index is 0.0776. The zero-order valence-electron chi connectivity index (χ0n) is 28.9. The van der Waals surface area contributed by atoms with Crippen LogP contribution < -0.4 is 15.5 Å². The molecule has 0 radical (unpaired) electrons. The lowest BCUT2D eigenvalue weighted by Crippen LogP contribution is -2.54. The molecule has 270 valence electrons. The summed E-state index contributed by atoms with van der Waals surface area (Å²) in [6, 6.07) is 14.0. The van der Waals surface area contributed by atoms with Crippen LogP contribution in [0.3, 0.4) is 0 Å². The third-order valence-electron chi connectivity index (χ3n) is 11.4. The summed E-state index contributed by atoms with van der Waals surface area (Å²) in [5.74, 6) is -1.37. The van der Waals surface area contributed by atoms with Gasteiger partial charge in [-0.15, -0.1) is 0 Å². The van der Waals surface area contributed by atoms with E-state index in [1.54, 1.807) is 17.0 Å². The number of rotatable bonds is 7. The van der Waals surface area contributed by atoms with E-state index in [9.17, 15) is 28.8 Å². The van der Waals surface area contributed by atoms with E-state index in [0.717, 1.165) is 80.0 Å². The summed E-state index contributed by atoms with van der Waals surface area (Å²) in [6.45, 7) is 4.27. The number of imide groups is 2. The molecular weight excluding hydrogens is 666 g/mol. The third-order valence-corrected chi connectivity index (χ3v) is 11.4. The lowest BCUT2D eigenvalue weighted by atomic mass is 9.88. The zero-order valence-corrected chi connectivity index (χ0v) is 28.9. The highest BCUT2D eigenvalue weighted by atomic mass is 16.6. The summed E-state index contributed by atoms with van der Waals surface area (Å²) in [7, 11) is 0. The van der Waals surface area contributed by atoms with Crippen molar-refractivity contribution >= 4 is 47.1 Å². The summed E-state index contributed by atoms with van der Waals surface area (Å²) in [5.41, 5.74) is 3.97. The maximum atomic E-state index is 13.3. The molecule has 1 aromatic heterocycles. The van der Waals surface area contributed by atoms with Gasteiger partial charge in [-0.25, -0.2) is 4.79 Å². The Kier molecular flexibility index (Phi) is 8.76. The number of piperidine rings is 2. The van der Waals surface area contributed by atoms with Crippen LogP contribution in [-0.4, -0.2) is 93.4 Å².